The molecule has 2 rings (SSSR count). The Morgan fingerprint density at radius 2 is 1.88 bits per heavy atom. The van der Waals surface area contributed by atoms with Crippen molar-refractivity contribution in [1.29, 1.82) is 0 Å². The first-order valence-electron chi connectivity index (χ1n) is 5.66. The van der Waals surface area contributed by atoms with Gasteiger partial charge in [-0.05, 0) is 24.1 Å². The molecule has 0 saturated heterocycles. The van der Waals surface area contributed by atoms with E-state index in [1.807, 2.05) is 25.1 Å². The number of halogens is 1. The normalized spacial score (nSPS) is 14.6. The fraction of sp³-hybridized carbons (Fsp3) is 0.286. The van der Waals surface area contributed by atoms with Crippen molar-refractivity contribution in [3.8, 4) is 0 Å². The lowest BCUT2D eigenvalue weighted by Crippen LogP contribution is -2.16. The van der Waals surface area contributed by atoms with Crippen LogP contribution in [-0.2, 0) is 0 Å². The van der Waals surface area contributed by atoms with E-state index in [1.54, 1.807) is 11.3 Å². The number of hydrogen-bond donors (Lipinski definition) is 1. The van der Waals surface area contributed by atoms with Crippen LogP contribution in [0.15, 0.2) is 36.4 Å². The zero-order chi connectivity index (χ0) is 12.4. The molecule has 0 aliphatic carbocycles. The van der Waals surface area contributed by atoms with Gasteiger partial charge in [-0.1, -0.05) is 48.9 Å². The van der Waals surface area contributed by atoms with E-state index < -0.39 is 0 Å². The highest BCUT2D eigenvalue weighted by molar-refractivity contribution is 7.16. The molecular formula is C14H16ClNS. The third kappa shape index (κ3) is 2.71. The third-order valence-electron chi connectivity index (χ3n) is 3.07. The predicted molar refractivity (Wildman–Crippen MR) is 75.9 cm³/mol. The summed E-state index contributed by atoms with van der Waals surface area (Å²) in [6, 6.07) is 12.5. The fourth-order valence-corrected chi connectivity index (χ4v) is 3.18. The first kappa shape index (κ1) is 12.6. The van der Waals surface area contributed by atoms with Crippen LogP contribution in [0.5, 0.6) is 0 Å². The summed E-state index contributed by atoms with van der Waals surface area (Å²) in [5.74, 6) is 0.297. The maximum absolute atomic E-state index is 6.30. The summed E-state index contributed by atoms with van der Waals surface area (Å²) in [6.45, 7) is 4.17. The van der Waals surface area contributed by atoms with Crippen molar-refractivity contribution in [2.24, 2.45) is 5.73 Å². The first-order chi connectivity index (χ1) is 8.09. The second-order valence-corrected chi connectivity index (χ2v) is 6.02. The minimum Gasteiger partial charge on any atom is -0.323 e. The van der Waals surface area contributed by atoms with E-state index in [1.165, 1.54) is 5.56 Å². The lowest BCUT2D eigenvalue weighted by molar-refractivity contribution is 0.607. The van der Waals surface area contributed by atoms with Gasteiger partial charge >= 0.3 is 0 Å². The summed E-state index contributed by atoms with van der Waals surface area (Å²) < 4.78 is 0.843. The number of hydrogen-bond acceptors (Lipinski definition) is 2. The van der Waals surface area contributed by atoms with Gasteiger partial charge in [-0.3, -0.25) is 0 Å². The average molecular weight is 266 g/mol. The molecule has 1 aromatic heterocycles. The van der Waals surface area contributed by atoms with Crippen molar-refractivity contribution in [2.45, 2.75) is 25.8 Å². The van der Waals surface area contributed by atoms with Crippen molar-refractivity contribution < 1.29 is 0 Å². The Kier molecular flexibility index (Phi) is 3.87. The fourth-order valence-electron chi connectivity index (χ4n) is 1.86. The molecule has 2 unspecified atom stereocenters. The average Bonchev–Trinajstić information content (AvgIpc) is 2.69. The van der Waals surface area contributed by atoms with E-state index in [0.717, 1.165) is 14.8 Å². The van der Waals surface area contributed by atoms with Crippen molar-refractivity contribution in [3.63, 3.8) is 0 Å². The molecule has 0 saturated carbocycles. The van der Waals surface area contributed by atoms with Crippen molar-refractivity contribution in [2.75, 3.05) is 0 Å². The molecule has 0 radical (unpaired) electrons. The molecule has 2 atom stereocenters. The monoisotopic (exact) mass is 265 g/mol. The molecular weight excluding hydrogens is 250 g/mol. The van der Waals surface area contributed by atoms with E-state index in [-0.39, 0.29) is 6.04 Å². The van der Waals surface area contributed by atoms with Crippen molar-refractivity contribution >= 4 is 22.9 Å². The molecule has 90 valence electrons. The maximum Gasteiger partial charge on any atom is 0.0960 e. The zero-order valence-electron chi connectivity index (χ0n) is 9.98. The van der Waals surface area contributed by atoms with Crippen molar-refractivity contribution in [1.82, 2.24) is 0 Å². The highest BCUT2D eigenvalue weighted by Crippen LogP contribution is 2.36. The largest absolute Gasteiger partial charge is 0.323 e. The van der Waals surface area contributed by atoms with E-state index in [0.29, 0.717) is 5.92 Å². The van der Waals surface area contributed by atoms with Crippen LogP contribution in [0, 0.1) is 6.92 Å². The molecule has 0 spiro atoms. The van der Waals surface area contributed by atoms with Crippen LogP contribution in [0.2, 0.25) is 4.34 Å². The number of nitrogens with two attached hydrogens (primary N) is 1. The van der Waals surface area contributed by atoms with Gasteiger partial charge in [0.2, 0.25) is 0 Å². The molecule has 0 aliphatic heterocycles. The molecule has 2 N–H and O–H groups in total. The highest BCUT2D eigenvalue weighted by atomic mass is 35.5. The van der Waals surface area contributed by atoms with Gasteiger partial charge in [0.15, 0.2) is 0 Å². The van der Waals surface area contributed by atoms with E-state index in [4.69, 9.17) is 17.3 Å². The summed E-state index contributed by atoms with van der Waals surface area (Å²) in [6.07, 6.45) is 0. The Balaban J connectivity index is 2.23. The van der Waals surface area contributed by atoms with Crippen LogP contribution >= 0.6 is 22.9 Å². The number of thiophene rings is 1. The Hall–Kier alpha value is -0.830. The molecule has 3 heteroatoms. The van der Waals surface area contributed by atoms with Crippen molar-refractivity contribution in [3.05, 3.63) is 56.7 Å². The van der Waals surface area contributed by atoms with Crippen LogP contribution in [-0.4, -0.2) is 0 Å². The van der Waals surface area contributed by atoms with Crippen LogP contribution in [0.25, 0.3) is 0 Å². The minimum absolute atomic E-state index is 0.00796. The Bertz CT molecular complexity index is 473. The second-order valence-electron chi connectivity index (χ2n) is 4.33. The highest BCUT2D eigenvalue weighted by Gasteiger charge is 2.19. The van der Waals surface area contributed by atoms with Crippen LogP contribution in [0.4, 0.5) is 0 Å². The molecule has 1 aromatic carbocycles. The molecule has 0 aliphatic rings. The van der Waals surface area contributed by atoms with Gasteiger partial charge in [0.1, 0.15) is 0 Å². The van der Waals surface area contributed by atoms with E-state index >= 15 is 0 Å². The zero-order valence-corrected chi connectivity index (χ0v) is 11.6. The molecule has 2 aromatic rings. The Labute approximate surface area is 111 Å². The van der Waals surface area contributed by atoms with Gasteiger partial charge in [0.25, 0.3) is 0 Å². The minimum atomic E-state index is 0.00796. The molecule has 1 nitrogen and oxygen atoms in total. The number of rotatable bonds is 3. The first-order valence-corrected chi connectivity index (χ1v) is 6.85. The van der Waals surface area contributed by atoms with E-state index in [9.17, 15) is 0 Å². The SMILES string of the molecule is Cc1cc(C(N)C(C)c2ccccc2)sc1Cl. The summed E-state index contributed by atoms with van der Waals surface area (Å²) in [4.78, 5) is 1.16. The van der Waals surface area contributed by atoms with Gasteiger partial charge in [-0.25, -0.2) is 0 Å². The summed E-state index contributed by atoms with van der Waals surface area (Å²) in [5.41, 5.74) is 8.68. The van der Waals surface area contributed by atoms with E-state index in [2.05, 4.69) is 25.1 Å². The van der Waals surface area contributed by atoms with Gasteiger partial charge in [-0.2, -0.15) is 0 Å². The quantitative estimate of drug-likeness (QED) is 0.868. The maximum atomic E-state index is 6.30. The standard InChI is InChI=1S/C14H16ClNS/c1-9-8-12(17-14(9)15)13(16)10(2)11-6-4-3-5-7-11/h3-8,10,13H,16H2,1-2H3. The topological polar surface area (TPSA) is 26.0 Å². The lowest BCUT2D eigenvalue weighted by Gasteiger charge is -2.19. The van der Waals surface area contributed by atoms with Gasteiger partial charge in [0.05, 0.1) is 4.34 Å². The molecule has 17 heavy (non-hydrogen) atoms. The summed E-state index contributed by atoms with van der Waals surface area (Å²) in [7, 11) is 0. The number of aryl methyl sites for hydroxylation is 1. The smallest absolute Gasteiger partial charge is 0.0960 e. The molecule has 0 fully saturated rings. The predicted octanol–water partition coefficient (Wildman–Crippen LogP) is 4.51. The lowest BCUT2D eigenvalue weighted by atomic mass is 9.93. The molecule has 0 bridgehead atoms. The third-order valence-corrected chi connectivity index (χ3v) is 4.73. The molecule has 1 heterocycles. The van der Waals surface area contributed by atoms with Gasteiger partial charge < -0.3 is 5.73 Å². The second kappa shape index (κ2) is 5.21. The summed E-state index contributed by atoms with van der Waals surface area (Å²) in [5, 5.41) is 0. The molecule has 0 amide bonds. The summed E-state index contributed by atoms with van der Waals surface area (Å²) >= 11 is 7.67. The van der Waals surface area contributed by atoms with Crippen LogP contribution in [0.1, 0.15) is 34.9 Å². The van der Waals surface area contributed by atoms with Crippen LogP contribution in [0.3, 0.4) is 0 Å². The Morgan fingerprint density at radius 1 is 1.24 bits per heavy atom. The van der Waals surface area contributed by atoms with Crippen LogP contribution < -0.4 is 5.73 Å². The number of benzene rings is 1. The Morgan fingerprint density at radius 3 is 2.41 bits per heavy atom. The van der Waals surface area contributed by atoms with Gasteiger partial charge in [0, 0.05) is 16.8 Å². The van der Waals surface area contributed by atoms with Gasteiger partial charge in [-0.15, -0.1) is 11.3 Å².